The lowest BCUT2D eigenvalue weighted by molar-refractivity contribution is 0.0600. The molecule has 0 spiro atoms. The number of hydrogen-bond donors (Lipinski definition) is 1. The molecule has 0 unspecified atom stereocenters. The molecule has 1 fully saturated rings. The molecule has 1 N–H and O–H groups in total. The van der Waals surface area contributed by atoms with Crippen LogP contribution in [0.25, 0.3) is 10.2 Å². The Kier molecular flexibility index (Phi) is 6.72. The molecule has 0 saturated carbocycles. The molecule has 32 heavy (non-hydrogen) atoms. The van der Waals surface area contributed by atoms with Gasteiger partial charge in [-0.25, -0.2) is 9.78 Å². The van der Waals surface area contributed by atoms with Crippen molar-refractivity contribution in [3.8, 4) is 0 Å². The first-order valence-corrected chi connectivity index (χ1v) is 11.6. The van der Waals surface area contributed by atoms with Crippen molar-refractivity contribution >= 4 is 38.6 Å². The molecule has 3 aromatic rings. The van der Waals surface area contributed by atoms with E-state index in [0.717, 1.165) is 43.4 Å². The Labute approximate surface area is 192 Å². The Bertz CT molecular complexity index is 1080. The minimum atomic E-state index is -0.410. The number of carbonyl (C=O) groups excluding carboxylic acids is 2. The zero-order valence-electron chi connectivity index (χ0n) is 18.7. The van der Waals surface area contributed by atoms with Crippen molar-refractivity contribution < 1.29 is 14.3 Å². The molecule has 0 radical (unpaired) electrons. The van der Waals surface area contributed by atoms with Gasteiger partial charge >= 0.3 is 5.97 Å². The number of hydrogen-bond acceptors (Lipinski definition) is 7. The number of carbonyl (C=O) groups is 2. The predicted molar refractivity (Wildman–Crippen MR) is 128 cm³/mol. The Morgan fingerprint density at radius 3 is 2.31 bits per heavy atom. The topological polar surface area (TPSA) is 74.8 Å². The summed E-state index contributed by atoms with van der Waals surface area (Å²) in [6.45, 7) is 9.39. The minimum Gasteiger partial charge on any atom is -0.465 e. The number of fused-ring (bicyclic) bond motifs is 1. The number of aromatic nitrogens is 1. The Morgan fingerprint density at radius 1 is 1.00 bits per heavy atom. The van der Waals surface area contributed by atoms with Crippen molar-refractivity contribution in [2.24, 2.45) is 0 Å². The zero-order chi connectivity index (χ0) is 22.7. The van der Waals surface area contributed by atoms with E-state index in [-0.39, 0.29) is 5.91 Å². The van der Waals surface area contributed by atoms with Crippen LogP contribution in [0.1, 0.15) is 31.8 Å². The summed E-state index contributed by atoms with van der Waals surface area (Å²) in [7, 11) is 1.34. The van der Waals surface area contributed by atoms with Crippen molar-refractivity contribution in [3.05, 3.63) is 58.7 Å². The van der Waals surface area contributed by atoms with Gasteiger partial charge in [-0.05, 0) is 49.2 Å². The Morgan fingerprint density at radius 2 is 1.66 bits per heavy atom. The van der Waals surface area contributed by atoms with Gasteiger partial charge in [-0.2, -0.15) is 0 Å². The van der Waals surface area contributed by atoms with Crippen LogP contribution in [0, 0.1) is 13.8 Å². The highest BCUT2D eigenvalue weighted by molar-refractivity contribution is 7.22. The van der Waals surface area contributed by atoms with Crippen molar-refractivity contribution in [3.63, 3.8) is 0 Å². The second-order valence-corrected chi connectivity index (χ2v) is 9.00. The van der Waals surface area contributed by atoms with Gasteiger partial charge in [0.1, 0.15) is 0 Å². The maximum absolute atomic E-state index is 12.4. The quantitative estimate of drug-likeness (QED) is 0.579. The summed E-state index contributed by atoms with van der Waals surface area (Å²) in [5.41, 5.74) is 4.59. The van der Waals surface area contributed by atoms with E-state index < -0.39 is 5.97 Å². The first kappa shape index (κ1) is 22.2. The second-order valence-electron chi connectivity index (χ2n) is 8.03. The van der Waals surface area contributed by atoms with E-state index >= 15 is 0 Å². The summed E-state index contributed by atoms with van der Waals surface area (Å²) in [4.78, 5) is 33.5. The van der Waals surface area contributed by atoms with E-state index in [2.05, 4.69) is 45.8 Å². The van der Waals surface area contributed by atoms with E-state index in [1.165, 1.54) is 22.9 Å². The molecule has 7 nitrogen and oxygen atoms in total. The standard InChI is InChI=1S/C24H28N4O3S/c1-16-4-5-17(2)21-20(16)26-24(32-21)28-14-12-27(13-15-28)11-10-25-22(29)18-6-8-19(9-7-18)23(30)31-3/h4-9H,10-15H2,1-3H3,(H,25,29). The number of ether oxygens (including phenoxy) is 1. The van der Waals surface area contributed by atoms with Crippen molar-refractivity contribution in [1.82, 2.24) is 15.2 Å². The summed E-state index contributed by atoms with van der Waals surface area (Å²) in [6.07, 6.45) is 0. The van der Waals surface area contributed by atoms with Crippen molar-refractivity contribution in [2.45, 2.75) is 13.8 Å². The number of thiazole rings is 1. The molecule has 2 heterocycles. The number of nitrogens with one attached hydrogen (secondary N) is 1. The van der Waals surface area contributed by atoms with Crippen molar-refractivity contribution in [2.75, 3.05) is 51.3 Å². The molecule has 1 amide bonds. The predicted octanol–water partition coefficient (Wildman–Crippen LogP) is 3.25. The lowest BCUT2D eigenvalue weighted by Gasteiger charge is -2.34. The van der Waals surface area contributed by atoms with Gasteiger partial charge in [0.05, 0.1) is 22.9 Å². The number of nitrogens with zero attached hydrogens (tertiary/aromatic N) is 3. The number of methoxy groups -OCH3 is 1. The second kappa shape index (κ2) is 9.67. The molecule has 1 aromatic heterocycles. The van der Waals surface area contributed by atoms with Gasteiger partial charge < -0.3 is 15.0 Å². The summed E-state index contributed by atoms with van der Waals surface area (Å²) in [6, 6.07) is 10.8. The summed E-state index contributed by atoms with van der Waals surface area (Å²) in [5.74, 6) is -0.549. The van der Waals surface area contributed by atoms with E-state index in [9.17, 15) is 9.59 Å². The zero-order valence-corrected chi connectivity index (χ0v) is 19.5. The highest BCUT2D eigenvalue weighted by Crippen LogP contribution is 2.33. The summed E-state index contributed by atoms with van der Waals surface area (Å²) in [5, 5.41) is 4.06. The average molecular weight is 453 g/mol. The summed E-state index contributed by atoms with van der Waals surface area (Å²) < 4.78 is 5.96. The van der Waals surface area contributed by atoms with Gasteiger partial charge in [0.15, 0.2) is 5.13 Å². The first-order chi connectivity index (χ1) is 15.5. The molecule has 0 bridgehead atoms. The van der Waals surface area contributed by atoms with Crippen LogP contribution in [0.2, 0.25) is 0 Å². The summed E-state index contributed by atoms with van der Waals surface area (Å²) >= 11 is 1.78. The van der Waals surface area contributed by atoms with Gasteiger partial charge in [0.25, 0.3) is 5.91 Å². The molecule has 168 valence electrons. The number of amides is 1. The van der Waals surface area contributed by atoms with E-state index in [4.69, 9.17) is 4.98 Å². The third kappa shape index (κ3) is 4.76. The lowest BCUT2D eigenvalue weighted by Crippen LogP contribution is -2.48. The fraction of sp³-hybridized carbons (Fsp3) is 0.375. The third-order valence-electron chi connectivity index (χ3n) is 5.86. The molecule has 0 atom stereocenters. The maximum Gasteiger partial charge on any atom is 0.337 e. The largest absolute Gasteiger partial charge is 0.465 e. The molecule has 4 rings (SSSR count). The molecule has 1 aliphatic heterocycles. The van der Waals surface area contributed by atoms with Crippen LogP contribution >= 0.6 is 11.3 Å². The van der Waals surface area contributed by atoms with E-state index in [0.29, 0.717) is 17.7 Å². The molecule has 1 aliphatic rings. The number of esters is 1. The molecule has 0 aliphatic carbocycles. The fourth-order valence-electron chi connectivity index (χ4n) is 3.85. The van der Waals surface area contributed by atoms with Crippen LogP contribution in [-0.2, 0) is 4.74 Å². The molecular weight excluding hydrogens is 424 g/mol. The van der Waals surface area contributed by atoms with Crippen molar-refractivity contribution in [1.29, 1.82) is 0 Å². The monoisotopic (exact) mass is 452 g/mol. The lowest BCUT2D eigenvalue weighted by atomic mass is 10.1. The SMILES string of the molecule is COC(=O)c1ccc(C(=O)NCCN2CCN(c3nc4c(C)ccc(C)c4s3)CC2)cc1. The van der Waals surface area contributed by atoms with Gasteiger partial charge in [0.2, 0.25) is 0 Å². The van der Waals surface area contributed by atoms with Crippen LogP contribution in [-0.4, -0.2) is 68.1 Å². The van der Waals surface area contributed by atoms with Crippen LogP contribution < -0.4 is 10.2 Å². The average Bonchev–Trinajstić information content (AvgIpc) is 3.28. The molecule has 1 saturated heterocycles. The molecule has 8 heteroatoms. The number of benzene rings is 2. The van der Waals surface area contributed by atoms with Gasteiger partial charge in [-0.3, -0.25) is 9.69 Å². The normalized spacial score (nSPS) is 14.5. The van der Waals surface area contributed by atoms with E-state index in [1.807, 2.05) is 0 Å². The number of piperazine rings is 1. The maximum atomic E-state index is 12.4. The Hall–Kier alpha value is -2.97. The van der Waals surface area contributed by atoms with Crippen LogP contribution in [0.15, 0.2) is 36.4 Å². The Balaban J connectivity index is 1.25. The van der Waals surface area contributed by atoms with Gasteiger partial charge in [-0.15, -0.1) is 0 Å². The molecule has 2 aromatic carbocycles. The highest BCUT2D eigenvalue weighted by atomic mass is 32.1. The highest BCUT2D eigenvalue weighted by Gasteiger charge is 2.20. The minimum absolute atomic E-state index is 0.139. The third-order valence-corrected chi connectivity index (χ3v) is 7.11. The fourth-order valence-corrected chi connectivity index (χ4v) is 5.01. The number of rotatable bonds is 6. The van der Waals surface area contributed by atoms with Gasteiger partial charge in [-0.1, -0.05) is 23.5 Å². The van der Waals surface area contributed by atoms with E-state index in [1.54, 1.807) is 35.6 Å². The first-order valence-electron chi connectivity index (χ1n) is 10.8. The van der Waals surface area contributed by atoms with Crippen LogP contribution in [0.4, 0.5) is 5.13 Å². The molecular formula is C24H28N4O3S. The number of aryl methyl sites for hydroxylation is 2. The van der Waals surface area contributed by atoms with Crippen LogP contribution in [0.5, 0.6) is 0 Å². The smallest absolute Gasteiger partial charge is 0.337 e. The number of anilines is 1. The van der Waals surface area contributed by atoms with Crippen LogP contribution in [0.3, 0.4) is 0 Å². The van der Waals surface area contributed by atoms with Gasteiger partial charge in [0, 0.05) is 44.8 Å².